The predicted molar refractivity (Wildman–Crippen MR) is 95.7 cm³/mol. The van der Waals surface area contributed by atoms with E-state index in [1.54, 1.807) is 12.1 Å². The third-order valence-corrected chi connectivity index (χ3v) is 5.44. The van der Waals surface area contributed by atoms with Gasteiger partial charge in [0.15, 0.2) is 0 Å². The van der Waals surface area contributed by atoms with E-state index in [9.17, 15) is 14.0 Å². The van der Waals surface area contributed by atoms with Gasteiger partial charge in [-0.2, -0.15) is 0 Å². The summed E-state index contributed by atoms with van der Waals surface area (Å²) >= 11 is 0. The van der Waals surface area contributed by atoms with Crippen LogP contribution < -0.4 is 15.1 Å². The smallest absolute Gasteiger partial charge is 0.414 e. The van der Waals surface area contributed by atoms with Gasteiger partial charge in [0.05, 0.1) is 30.2 Å². The van der Waals surface area contributed by atoms with Gasteiger partial charge in [0.2, 0.25) is 5.91 Å². The zero-order valence-electron chi connectivity index (χ0n) is 14.9. The molecule has 5 rings (SSSR count). The minimum atomic E-state index is -0.555. The van der Waals surface area contributed by atoms with Gasteiger partial charge in [0.25, 0.3) is 0 Å². The Morgan fingerprint density at radius 2 is 2.11 bits per heavy atom. The highest BCUT2D eigenvalue weighted by Gasteiger charge is 2.44. The lowest BCUT2D eigenvalue weighted by molar-refractivity contribution is -0.119. The lowest BCUT2D eigenvalue weighted by Gasteiger charge is -2.48. The van der Waals surface area contributed by atoms with Gasteiger partial charge in [0.1, 0.15) is 11.9 Å². The maximum absolute atomic E-state index is 14.7. The van der Waals surface area contributed by atoms with Crippen LogP contribution in [-0.2, 0) is 9.53 Å². The molecule has 0 radical (unpaired) electrons. The van der Waals surface area contributed by atoms with Crippen LogP contribution in [0.1, 0.15) is 13.3 Å². The highest BCUT2D eigenvalue weighted by Crippen LogP contribution is 2.40. The average Bonchev–Trinajstić information content (AvgIpc) is 3.01. The number of halogens is 1. The summed E-state index contributed by atoms with van der Waals surface area (Å²) in [6, 6.07) is 4.69. The number of benzene rings is 1. The van der Waals surface area contributed by atoms with E-state index in [1.807, 2.05) is 4.90 Å². The van der Waals surface area contributed by atoms with Crippen LogP contribution in [0.25, 0.3) is 0 Å². The van der Waals surface area contributed by atoms with Crippen LogP contribution in [0.4, 0.5) is 20.6 Å². The Balaban J connectivity index is 1.45. The number of amides is 2. The summed E-state index contributed by atoms with van der Waals surface area (Å²) in [5.41, 5.74) is 1.72. The Bertz CT molecular complexity index is 801. The molecule has 144 valence electrons. The molecular weight excluding hydrogens is 355 g/mol. The molecule has 2 unspecified atom stereocenters. The van der Waals surface area contributed by atoms with E-state index in [2.05, 4.69) is 10.5 Å². The normalized spacial score (nSPS) is 26.5. The second kappa shape index (κ2) is 6.71. The topological polar surface area (TPSA) is 94.5 Å². The summed E-state index contributed by atoms with van der Waals surface area (Å²) in [4.78, 5) is 26.4. The zero-order valence-corrected chi connectivity index (χ0v) is 14.9. The van der Waals surface area contributed by atoms with Gasteiger partial charge in [0, 0.05) is 31.8 Å². The van der Waals surface area contributed by atoms with Crippen molar-refractivity contribution in [3.63, 3.8) is 0 Å². The van der Waals surface area contributed by atoms with Gasteiger partial charge in [-0.05, 0) is 24.6 Å². The van der Waals surface area contributed by atoms with Gasteiger partial charge in [-0.25, -0.2) is 9.18 Å². The third-order valence-electron chi connectivity index (χ3n) is 5.44. The van der Waals surface area contributed by atoms with Gasteiger partial charge >= 0.3 is 6.09 Å². The molecular formula is C18H21FN4O4. The van der Waals surface area contributed by atoms with Gasteiger partial charge in [-0.3, -0.25) is 9.69 Å². The summed E-state index contributed by atoms with van der Waals surface area (Å²) in [6.45, 7) is 3.11. The number of oxime groups is 1. The number of hydrogen-bond donors (Lipinski definition) is 2. The molecule has 1 aromatic rings. The standard InChI is InChI=1S/C18H21FN4O4/c1-10(24)20-6-14-9-23(18(25)27-14)13-2-3-16(15(19)5-13)22-7-11-4-12(8-22)17(11)21-26/h2-3,5,11-12,14,26H,4,6-9H2,1H3,(H,20,24)/t11?,12?,14-/m0/s1. The summed E-state index contributed by atoms with van der Waals surface area (Å²) in [5.74, 6) is -0.255. The lowest BCUT2D eigenvalue weighted by atomic mass is 9.69. The highest BCUT2D eigenvalue weighted by atomic mass is 19.1. The van der Waals surface area contributed by atoms with Crippen molar-refractivity contribution in [1.29, 1.82) is 0 Å². The van der Waals surface area contributed by atoms with Crippen molar-refractivity contribution in [1.82, 2.24) is 5.32 Å². The molecule has 0 aromatic heterocycles. The highest BCUT2D eigenvalue weighted by molar-refractivity contribution is 5.96. The summed E-state index contributed by atoms with van der Waals surface area (Å²) in [6.07, 6.45) is -0.0414. The Hall–Kier alpha value is -2.84. The maximum atomic E-state index is 14.7. The number of nitrogens with zero attached hydrogens (tertiary/aromatic N) is 3. The Kier molecular flexibility index (Phi) is 4.37. The van der Waals surface area contributed by atoms with E-state index in [1.165, 1.54) is 17.9 Å². The molecule has 4 fully saturated rings. The molecule has 3 aliphatic heterocycles. The quantitative estimate of drug-likeness (QED) is 0.615. The van der Waals surface area contributed by atoms with E-state index in [-0.39, 0.29) is 30.8 Å². The Labute approximate surface area is 155 Å². The monoisotopic (exact) mass is 376 g/mol. The fourth-order valence-electron chi connectivity index (χ4n) is 4.08. The minimum Gasteiger partial charge on any atom is -0.442 e. The molecule has 8 nitrogen and oxygen atoms in total. The number of carbonyl (C=O) groups excluding carboxylic acids is 2. The first-order valence-electron chi connectivity index (χ1n) is 8.95. The largest absolute Gasteiger partial charge is 0.442 e. The molecule has 4 aliphatic rings. The van der Waals surface area contributed by atoms with Crippen molar-refractivity contribution in [3.05, 3.63) is 24.0 Å². The lowest BCUT2D eigenvalue weighted by Crippen LogP contribution is -2.56. The number of fused-ring (bicyclic) bond motifs is 2. The Morgan fingerprint density at radius 1 is 1.37 bits per heavy atom. The average molecular weight is 376 g/mol. The van der Waals surface area contributed by atoms with Crippen LogP contribution >= 0.6 is 0 Å². The van der Waals surface area contributed by atoms with Crippen molar-refractivity contribution in [2.24, 2.45) is 17.0 Å². The van der Waals surface area contributed by atoms with Gasteiger partial charge in [-0.1, -0.05) is 5.16 Å². The molecule has 3 atom stereocenters. The predicted octanol–water partition coefficient (Wildman–Crippen LogP) is 1.57. The van der Waals surface area contributed by atoms with Crippen molar-refractivity contribution < 1.29 is 23.9 Å². The first kappa shape index (κ1) is 17.6. The molecule has 3 saturated heterocycles. The fourth-order valence-corrected chi connectivity index (χ4v) is 4.08. The molecule has 2 N–H and O–H groups in total. The van der Waals surface area contributed by atoms with Crippen LogP contribution in [0, 0.1) is 17.7 Å². The number of carbonyl (C=O) groups is 2. The Morgan fingerprint density at radius 3 is 2.74 bits per heavy atom. The van der Waals surface area contributed by atoms with Crippen molar-refractivity contribution >= 4 is 29.1 Å². The van der Waals surface area contributed by atoms with Crippen molar-refractivity contribution in [3.8, 4) is 0 Å². The summed E-state index contributed by atoms with van der Waals surface area (Å²) in [7, 11) is 0. The number of piperidine rings is 2. The molecule has 3 heterocycles. The summed E-state index contributed by atoms with van der Waals surface area (Å²) in [5, 5.41) is 15.0. The first-order chi connectivity index (χ1) is 13.0. The molecule has 2 bridgehead atoms. The van der Waals surface area contributed by atoms with Crippen LogP contribution in [0.15, 0.2) is 23.4 Å². The minimum absolute atomic E-state index is 0.177. The van der Waals surface area contributed by atoms with Gasteiger partial charge < -0.3 is 20.2 Å². The molecule has 1 saturated carbocycles. The van der Waals surface area contributed by atoms with E-state index < -0.39 is 18.0 Å². The first-order valence-corrected chi connectivity index (χ1v) is 8.95. The second-order valence-corrected chi connectivity index (χ2v) is 7.25. The molecule has 2 amide bonds. The summed E-state index contributed by atoms with van der Waals surface area (Å²) < 4.78 is 19.9. The molecule has 1 aromatic carbocycles. The SMILES string of the molecule is CC(=O)NC[C@H]1CN(c2ccc(N3CC4CC(C3)C4=NO)c(F)c2)C(=O)O1. The number of hydrogen-bond acceptors (Lipinski definition) is 6. The van der Waals surface area contributed by atoms with E-state index in [0.717, 1.165) is 12.1 Å². The number of nitrogens with one attached hydrogen (secondary N) is 1. The third kappa shape index (κ3) is 3.17. The van der Waals surface area contributed by atoms with Crippen LogP contribution in [-0.4, -0.2) is 55.2 Å². The van der Waals surface area contributed by atoms with Gasteiger partial charge in [-0.15, -0.1) is 0 Å². The fraction of sp³-hybridized carbons (Fsp3) is 0.500. The maximum Gasteiger partial charge on any atom is 0.414 e. The number of rotatable bonds is 4. The molecule has 1 aliphatic carbocycles. The molecule has 27 heavy (non-hydrogen) atoms. The molecule has 0 spiro atoms. The zero-order chi connectivity index (χ0) is 19.1. The van der Waals surface area contributed by atoms with Crippen LogP contribution in [0.3, 0.4) is 0 Å². The number of cyclic esters (lactones) is 1. The van der Waals surface area contributed by atoms with Crippen LogP contribution in [0.5, 0.6) is 0 Å². The van der Waals surface area contributed by atoms with Crippen molar-refractivity contribution in [2.45, 2.75) is 19.4 Å². The number of ether oxygens (including phenoxy) is 1. The van der Waals surface area contributed by atoms with E-state index in [4.69, 9.17) is 9.94 Å². The number of anilines is 2. The second-order valence-electron chi connectivity index (χ2n) is 7.25. The molecule has 9 heteroatoms. The van der Waals surface area contributed by atoms with E-state index >= 15 is 0 Å². The van der Waals surface area contributed by atoms with Crippen LogP contribution in [0.2, 0.25) is 0 Å². The van der Waals surface area contributed by atoms with Crippen molar-refractivity contribution in [2.75, 3.05) is 36.0 Å². The van der Waals surface area contributed by atoms with E-state index in [0.29, 0.717) is 24.5 Å².